The van der Waals surface area contributed by atoms with Crippen LogP contribution in [0.25, 0.3) is 0 Å². The molecule has 0 spiro atoms. The lowest BCUT2D eigenvalue weighted by Crippen LogP contribution is -2.01. The molecule has 0 saturated carbocycles. The van der Waals surface area contributed by atoms with Crippen molar-refractivity contribution < 1.29 is 4.79 Å². The van der Waals surface area contributed by atoms with Gasteiger partial charge in [0.25, 0.3) is 0 Å². The van der Waals surface area contributed by atoms with Gasteiger partial charge < -0.3 is 0 Å². The maximum absolute atomic E-state index is 12.0. The molecule has 0 fully saturated rings. The summed E-state index contributed by atoms with van der Waals surface area (Å²) in [7, 11) is 0. The van der Waals surface area contributed by atoms with Crippen LogP contribution in [0.1, 0.15) is 32.0 Å². The standard InChI is InChI=1S/C12H13NOS2/c1-3-9-4-5-10(16-9)6-11(14)12-8(2)13-7-15-12/h4-5,7H,3,6H2,1-2H3. The first-order chi connectivity index (χ1) is 7.70. The summed E-state index contributed by atoms with van der Waals surface area (Å²) in [4.78, 5) is 19.4. The van der Waals surface area contributed by atoms with Gasteiger partial charge in [0.15, 0.2) is 5.78 Å². The summed E-state index contributed by atoms with van der Waals surface area (Å²) in [5.74, 6) is 0.185. The molecule has 2 nitrogen and oxygen atoms in total. The van der Waals surface area contributed by atoms with Crippen LogP contribution in [0.15, 0.2) is 17.6 Å². The number of ketones is 1. The summed E-state index contributed by atoms with van der Waals surface area (Å²) in [6.45, 7) is 4.01. The molecule has 2 rings (SSSR count). The van der Waals surface area contributed by atoms with Crippen molar-refractivity contribution in [1.82, 2.24) is 4.98 Å². The molecule has 2 heterocycles. The van der Waals surface area contributed by atoms with Gasteiger partial charge in [-0.1, -0.05) is 6.92 Å². The van der Waals surface area contributed by atoms with Crippen LogP contribution in [0, 0.1) is 6.92 Å². The van der Waals surface area contributed by atoms with Crippen molar-refractivity contribution in [1.29, 1.82) is 0 Å². The molecule has 2 aromatic heterocycles. The third kappa shape index (κ3) is 2.39. The van der Waals surface area contributed by atoms with E-state index in [1.807, 2.05) is 6.92 Å². The third-order valence-electron chi connectivity index (χ3n) is 2.40. The van der Waals surface area contributed by atoms with Crippen molar-refractivity contribution in [2.45, 2.75) is 26.7 Å². The Morgan fingerprint density at radius 2 is 2.12 bits per heavy atom. The molecule has 0 aliphatic carbocycles. The van der Waals surface area contributed by atoms with E-state index in [9.17, 15) is 4.79 Å². The van der Waals surface area contributed by atoms with Crippen molar-refractivity contribution in [3.8, 4) is 0 Å². The van der Waals surface area contributed by atoms with Crippen molar-refractivity contribution in [3.05, 3.63) is 38.0 Å². The van der Waals surface area contributed by atoms with Gasteiger partial charge in [-0.2, -0.15) is 0 Å². The van der Waals surface area contributed by atoms with Gasteiger partial charge in [-0.25, -0.2) is 4.98 Å². The fourth-order valence-electron chi connectivity index (χ4n) is 1.52. The Kier molecular flexibility index (Phi) is 3.51. The molecule has 0 aliphatic rings. The summed E-state index contributed by atoms with van der Waals surface area (Å²) in [6.07, 6.45) is 1.55. The number of carbonyl (C=O) groups is 1. The second kappa shape index (κ2) is 4.89. The van der Waals surface area contributed by atoms with Crippen LogP contribution in [0.5, 0.6) is 0 Å². The summed E-state index contributed by atoms with van der Waals surface area (Å²) >= 11 is 3.16. The monoisotopic (exact) mass is 251 g/mol. The minimum Gasteiger partial charge on any atom is -0.293 e. The number of aryl methyl sites for hydroxylation is 2. The van der Waals surface area contributed by atoms with E-state index in [-0.39, 0.29) is 5.78 Å². The third-order valence-corrected chi connectivity index (χ3v) is 4.60. The van der Waals surface area contributed by atoms with Crippen molar-refractivity contribution in [2.24, 2.45) is 0 Å². The number of thiophene rings is 1. The molecule has 0 atom stereocenters. The van der Waals surface area contributed by atoms with Crippen LogP contribution < -0.4 is 0 Å². The molecule has 0 N–H and O–H groups in total. The summed E-state index contributed by atoms with van der Waals surface area (Å²) < 4.78 is 0. The van der Waals surface area contributed by atoms with Crippen LogP contribution in [0.3, 0.4) is 0 Å². The van der Waals surface area contributed by atoms with Gasteiger partial charge in [-0.3, -0.25) is 4.79 Å². The van der Waals surface area contributed by atoms with Gasteiger partial charge in [0.05, 0.1) is 16.1 Å². The molecule has 0 aromatic carbocycles. The quantitative estimate of drug-likeness (QED) is 0.778. The number of hydrogen-bond acceptors (Lipinski definition) is 4. The highest BCUT2D eigenvalue weighted by Gasteiger charge is 2.13. The molecule has 16 heavy (non-hydrogen) atoms. The van der Waals surface area contributed by atoms with Crippen molar-refractivity contribution >= 4 is 28.5 Å². The first kappa shape index (κ1) is 11.5. The maximum atomic E-state index is 12.0. The zero-order chi connectivity index (χ0) is 11.5. The van der Waals surface area contributed by atoms with E-state index in [4.69, 9.17) is 0 Å². The molecule has 0 unspecified atom stereocenters. The number of aromatic nitrogens is 1. The number of carbonyl (C=O) groups excluding carboxylic acids is 1. The highest BCUT2D eigenvalue weighted by atomic mass is 32.1. The maximum Gasteiger partial charge on any atom is 0.179 e. The lowest BCUT2D eigenvalue weighted by molar-refractivity contribution is 0.0997. The van der Waals surface area contributed by atoms with E-state index < -0.39 is 0 Å². The molecule has 84 valence electrons. The van der Waals surface area contributed by atoms with Gasteiger partial charge in [-0.15, -0.1) is 22.7 Å². The molecule has 0 bridgehead atoms. The number of hydrogen-bond donors (Lipinski definition) is 0. The minimum absolute atomic E-state index is 0.185. The smallest absolute Gasteiger partial charge is 0.179 e. The first-order valence-corrected chi connectivity index (χ1v) is 6.91. The van der Waals surface area contributed by atoms with Gasteiger partial charge in [0, 0.05) is 16.2 Å². The fraction of sp³-hybridized carbons (Fsp3) is 0.333. The summed E-state index contributed by atoms with van der Waals surface area (Å²) in [5.41, 5.74) is 2.58. The number of Topliss-reactive ketones (excluding diaryl/α,β-unsaturated/α-hetero) is 1. The van der Waals surface area contributed by atoms with Crippen molar-refractivity contribution in [2.75, 3.05) is 0 Å². The minimum atomic E-state index is 0.185. The highest BCUT2D eigenvalue weighted by Crippen LogP contribution is 2.21. The second-order valence-electron chi connectivity index (χ2n) is 3.59. The Balaban J connectivity index is 2.11. The van der Waals surface area contributed by atoms with Crippen LogP contribution in [-0.4, -0.2) is 10.8 Å². The Hall–Kier alpha value is -1.00. The summed E-state index contributed by atoms with van der Waals surface area (Å²) in [5, 5.41) is 0. The SMILES string of the molecule is CCc1ccc(CC(=O)c2scnc2C)s1. The molecular formula is C12H13NOS2. The van der Waals surface area contributed by atoms with Crippen LogP contribution >= 0.6 is 22.7 Å². The van der Waals surface area contributed by atoms with Crippen molar-refractivity contribution in [3.63, 3.8) is 0 Å². The Bertz CT molecular complexity index is 499. The van der Waals surface area contributed by atoms with Crippen LogP contribution in [0.2, 0.25) is 0 Å². The average molecular weight is 251 g/mol. The Labute approximate surface area is 103 Å². The largest absolute Gasteiger partial charge is 0.293 e. The topological polar surface area (TPSA) is 30.0 Å². The molecule has 0 saturated heterocycles. The molecule has 2 aromatic rings. The Morgan fingerprint density at radius 3 is 2.69 bits per heavy atom. The normalized spacial score (nSPS) is 10.6. The molecule has 0 radical (unpaired) electrons. The van der Waals surface area contributed by atoms with E-state index in [0.29, 0.717) is 6.42 Å². The van der Waals surface area contributed by atoms with Gasteiger partial charge in [0.2, 0.25) is 0 Å². The highest BCUT2D eigenvalue weighted by molar-refractivity contribution is 7.13. The van der Waals surface area contributed by atoms with E-state index in [1.54, 1.807) is 16.8 Å². The first-order valence-electron chi connectivity index (χ1n) is 5.21. The fourth-order valence-corrected chi connectivity index (χ4v) is 3.22. The average Bonchev–Trinajstić information content (AvgIpc) is 2.86. The molecule has 4 heteroatoms. The van der Waals surface area contributed by atoms with Gasteiger partial charge >= 0.3 is 0 Å². The van der Waals surface area contributed by atoms with Crippen LogP contribution in [0.4, 0.5) is 0 Å². The summed E-state index contributed by atoms with van der Waals surface area (Å²) in [6, 6.07) is 4.16. The number of rotatable bonds is 4. The van der Waals surface area contributed by atoms with E-state index in [0.717, 1.165) is 21.9 Å². The van der Waals surface area contributed by atoms with E-state index in [1.165, 1.54) is 16.2 Å². The molecular weight excluding hydrogens is 238 g/mol. The molecule has 0 aliphatic heterocycles. The lowest BCUT2D eigenvalue weighted by atomic mass is 10.2. The predicted octanol–water partition coefficient (Wildman–Crippen LogP) is 3.50. The number of nitrogens with zero attached hydrogens (tertiary/aromatic N) is 1. The zero-order valence-corrected chi connectivity index (χ0v) is 11.0. The zero-order valence-electron chi connectivity index (χ0n) is 9.32. The van der Waals surface area contributed by atoms with E-state index >= 15 is 0 Å². The molecule has 0 amide bonds. The van der Waals surface area contributed by atoms with Gasteiger partial charge in [-0.05, 0) is 25.5 Å². The van der Waals surface area contributed by atoms with E-state index in [2.05, 4.69) is 24.0 Å². The van der Waals surface area contributed by atoms with Crippen LogP contribution in [-0.2, 0) is 12.8 Å². The number of thiazole rings is 1. The Morgan fingerprint density at radius 1 is 1.38 bits per heavy atom. The predicted molar refractivity (Wildman–Crippen MR) is 68.6 cm³/mol. The van der Waals surface area contributed by atoms with Gasteiger partial charge in [0.1, 0.15) is 0 Å². The lowest BCUT2D eigenvalue weighted by Gasteiger charge is -1.96. The second-order valence-corrected chi connectivity index (χ2v) is 5.70.